The van der Waals surface area contributed by atoms with Crippen molar-refractivity contribution in [3.8, 4) is 0 Å². The van der Waals surface area contributed by atoms with E-state index >= 15 is 0 Å². The molecule has 11 heavy (non-hydrogen) atoms. The molecule has 0 heterocycles. The molecular weight excluding hydrogens is 198 g/mol. The Morgan fingerprint density at radius 3 is 1.55 bits per heavy atom. The first-order chi connectivity index (χ1) is 5.20. The second-order valence-electron chi connectivity index (χ2n) is 1.10. The van der Waals surface area contributed by atoms with Gasteiger partial charge in [-0.05, 0) is 0 Å². The molecule has 0 saturated heterocycles. The average molecular weight is 206 g/mol. The van der Waals surface area contributed by atoms with Crippen molar-refractivity contribution in [2.75, 3.05) is 14.2 Å². The van der Waals surface area contributed by atoms with Gasteiger partial charge in [0.15, 0.2) is 0 Å². The lowest BCUT2D eigenvalue weighted by atomic mass is 11.8. The molecule has 0 radical (unpaired) electrons. The SMILES string of the molecule is COO[PH](=O)O[PH](=O)OOC. The molecule has 7 nitrogen and oxygen atoms in total. The van der Waals surface area contributed by atoms with Gasteiger partial charge in [0.25, 0.3) is 0 Å². The highest BCUT2D eigenvalue weighted by Gasteiger charge is 2.06. The Kier molecular flexibility index (Phi) is 7.10. The first-order valence-electron chi connectivity index (χ1n) is 2.37. The normalized spacial score (nSPS) is 16.2. The lowest BCUT2D eigenvalue weighted by Crippen LogP contribution is -1.80. The average Bonchev–Trinajstić information content (AvgIpc) is 1.87. The zero-order valence-corrected chi connectivity index (χ0v) is 7.86. The van der Waals surface area contributed by atoms with Gasteiger partial charge in [-0.1, -0.05) is 0 Å². The minimum absolute atomic E-state index is 1.14. The Labute approximate surface area is 64.3 Å². The maximum absolute atomic E-state index is 10.4. The van der Waals surface area contributed by atoms with Crippen LogP contribution in [-0.4, -0.2) is 14.2 Å². The highest BCUT2D eigenvalue weighted by atomic mass is 31.2. The molecule has 0 aliphatic heterocycles. The zero-order valence-electron chi connectivity index (χ0n) is 5.86. The van der Waals surface area contributed by atoms with E-state index in [1.807, 2.05) is 0 Å². The van der Waals surface area contributed by atoms with Gasteiger partial charge in [0, 0.05) is 0 Å². The van der Waals surface area contributed by atoms with Crippen LogP contribution in [-0.2, 0) is 32.6 Å². The van der Waals surface area contributed by atoms with Gasteiger partial charge in [0.2, 0.25) is 0 Å². The number of hydrogen-bond donors (Lipinski definition) is 0. The Morgan fingerprint density at radius 2 is 1.27 bits per heavy atom. The highest BCUT2D eigenvalue weighted by Crippen LogP contribution is 2.39. The fourth-order valence-electron chi connectivity index (χ4n) is 0.238. The van der Waals surface area contributed by atoms with Crippen LogP contribution in [0.5, 0.6) is 0 Å². The minimum Gasteiger partial charge on any atom is -0.261 e. The van der Waals surface area contributed by atoms with E-state index in [1.165, 1.54) is 0 Å². The first-order valence-corrected chi connectivity index (χ1v) is 4.82. The molecule has 0 amide bonds. The topological polar surface area (TPSA) is 80.3 Å². The van der Waals surface area contributed by atoms with Crippen LogP contribution in [0.15, 0.2) is 0 Å². The third-order valence-corrected chi connectivity index (χ3v) is 2.41. The van der Waals surface area contributed by atoms with Gasteiger partial charge in [0.05, 0.1) is 14.2 Å². The largest absolute Gasteiger partial charge is 0.353 e. The summed E-state index contributed by atoms with van der Waals surface area (Å²) in [5, 5.41) is 0. The van der Waals surface area contributed by atoms with E-state index in [0.29, 0.717) is 0 Å². The van der Waals surface area contributed by atoms with Crippen molar-refractivity contribution in [2.45, 2.75) is 0 Å². The summed E-state index contributed by atoms with van der Waals surface area (Å²) >= 11 is 0. The molecule has 0 aliphatic carbocycles. The third kappa shape index (κ3) is 6.65. The van der Waals surface area contributed by atoms with Crippen LogP contribution in [0.2, 0.25) is 0 Å². The molecule has 0 aromatic heterocycles. The summed E-state index contributed by atoms with van der Waals surface area (Å²) in [5.74, 6) is 0. The molecule has 0 spiro atoms. The molecule has 0 saturated carbocycles. The summed E-state index contributed by atoms with van der Waals surface area (Å²) in [6.45, 7) is 0. The van der Waals surface area contributed by atoms with E-state index < -0.39 is 16.5 Å². The van der Waals surface area contributed by atoms with Crippen LogP contribution < -0.4 is 0 Å². The van der Waals surface area contributed by atoms with Gasteiger partial charge >= 0.3 is 16.5 Å². The molecule has 0 N–H and O–H groups in total. The van der Waals surface area contributed by atoms with Crippen molar-refractivity contribution in [3.05, 3.63) is 0 Å². The molecule has 0 rings (SSSR count). The summed E-state index contributed by atoms with van der Waals surface area (Å²) in [5.41, 5.74) is 0. The maximum Gasteiger partial charge on any atom is 0.353 e. The molecule has 0 aromatic carbocycles. The smallest absolute Gasteiger partial charge is 0.261 e. The van der Waals surface area contributed by atoms with Crippen LogP contribution in [0, 0.1) is 0 Å². The molecule has 2 atom stereocenters. The van der Waals surface area contributed by atoms with Gasteiger partial charge in [-0.25, -0.2) is 14.1 Å². The highest BCUT2D eigenvalue weighted by molar-refractivity contribution is 7.47. The fraction of sp³-hybridized carbons (Fsp3) is 1.00. The molecule has 0 aliphatic rings. The van der Waals surface area contributed by atoms with Crippen molar-refractivity contribution in [2.24, 2.45) is 0 Å². The Bertz CT molecular complexity index is 129. The van der Waals surface area contributed by atoms with E-state index in [0.717, 1.165) is 14.2 Å². The standard InChI is InChI=1S/C2H8O7P2/c1-5-7-10(3)9-11(4)8-6-2/h10-11H,1-2H3. The monoisotopic (exact) mass is 206 g/mol. The van der Waals surface area contributed by atoms with Crippen molar-refractivity contribution in [1.29, 1.82) is 0 Å². The maximum atomic E-state index is 10.4. The lowest BCUT2D eigenvalue weighted by molar-refractivity contribution is -0.187. The Balaban J connectivity index is 3.49. The lowest BCUT2D eigenvalue weighted by Gasteiger charge is -2.00. The van der Waals surface area contributed by atoms with Gasteiger partial charge in [-0.15, -0.1) is 0 Å². The second kappa shape index (κ2) is 6.94. The van der Waals surface area contributed by atoms with Crippen LogP contribution in [0.4, 0.5) is 0 Å². The zero-order chi connectivity index (χ0) is 8.69. The summed E-state index contributed by atoms with van der Waals surface area (Å²) < 4.78 is 32.9. The van der Waals surface area contributed by atoms with Crippen LogP contribution in [0.3, 0.4) is 0 Å². The molecule has 0 fully saturated rings. The summed E-state index contributed by atoms with van der Waals surface area (Å²) in [6.07, 6.45) is 0. The molecule has 0 bridgehead atoms. The van der Waals surface area contributed by atoms with Crippen LogP contribution >= 0.6 is 16.5 Å². The summed E-state index contributed by atoms with van der Waals surface area (Å²) in [4.78, 5) is 7.94. The second-order valence-corrected chi connectivity index (χ2v) is 3.25. The quantitative estimate of drug-likeness (QED) is 0.363. The minimum atomic E-state index is -2.91. The van der Waals surface area contributed by atoms with E-state index in [-0.39, 0.29) is 0 Å². The van der Waals surface area contributed by atoms with E-state index in [9.17, 15) is 9.13 Å². The Morgan fingerprint density at radius 1 is 0.909 bits per heavy atom. The van der Waals surface area contributed by atoms with Crippen molar-refractivity contribution >= 4 is 16.5 Å². The predicted molar refractivity (Wildman–Crippen MR) is 35.3 cm³/mol. The van der Waals surface area contributed by atoms with Gasteiger partial charge in [0.1, 0.15) is 0 Å². The van der Waals surface area contributed by atoms with Gasteiger partial charge in [-0.2, -0.15) is 9.35 Å². The van der Waals surface area contributed by atoms with Gasteiger partial charge < -0.3 is 0 Å². The van der Waals surface area contributed by atoms with Crippen molar-refractivity contribution in [3.63, 3.8) is 0 Å². The molecule has 0 aromatic rings. The van der Waals surface area contributed by atoms with Gasteiger partial charge in [-0.3, -0.25) is 9.13 Å². The molecule has 2 unspecified atom stereocenters. The predicted octanol–water partition coefficient (Wildman–Crippen LogP) is 0.938. The summed E-state index contributed by atoms with van der Waals surface area (Å²) in [6, 6.07) is 0. The van der Waals surface area contributed by atoms with E-state index in [1.54, 1.807) is 0 Å². The first kappa shape index (κ1) is 11.3. The van der Waals surface area contributed by atoms with Crippen LogP contribution in [0.1, 0.15) is 0 Å². The Hall–Kier alpha value is 0.260. The van der Waals surface area contributed by atoms with Crippen molar-refractivity contribution in [1.82, 2.24) is 0 Å². The molecule has 68 valence electrons. The molecule has 9 heteroatoms. The van der Waals surface area contributed by atoms with Crippen molar-refractivity contribution < 1.29 is 32.6 Å². The fourth-order valence-corrected chi connectivity index (χ4v) is 1.33. The molecular formula is C2H8O7P2. The number of hydrogen-bond acceptors (Lipinski definition) is 7. The van der Waals surface area contributed by atoms with Crippen LogP contribution in [0.25, 0.3) is 0 Å². The van der Waals surface area contributed by atoms with E-state index in [4.69, 9.17) is 0 Å². The number of rotatable bonds is 6. The summed E-state index contributed by atoms with van der Waals surface area (Å²) in [7, 11) is -3.53. The third-order valence-electron chi connectivity index (χ3n) is 0.469. The van der Waals surface area contributed by atoms with E-state index in [2.05, 4.69) is 23.4 Å².